The summed E-state index contributed by atoms with van der Waals surface area (Å²) in [5.41, 5.74) is 2.05. The van der Waals surface area contributed by atoms with Crippen molar-refractivity contribution in [2.75, 3.05) is 7.11 Å². The SMILES string of the molecule is COc1ncc(-c2cccc(Br)c2)cn1. The van der Waals surface area contributed by atoms with E-state index >= 15 is 0 Å². The third-order valence-electron chi connectivity index (χ3n) is 1.97. The van der Waals surface area contributed by atoms with Crippen molar-refractivity contribution < 1.29 is 4.74 Å². The molecule has 1 aromatic carbocycles. The molecule has 0 bridgehead atoms. The minimum atomic E-state index is 0.383. The summed E-state index contributed by atoms with van der Waals surface area (Å²) in [6.45, 7) is 0. The van der Waals surface area contributed by atoms with E-state index in [0.29, 0.717) is 6.01 Å². The molecule has 0 unspecified atom stereocenters. The van der Waals surface area contributed by atoms with Gasteiger partial charge in [0.05, 0.1) is 7.11 Å². The van der Waals surface area contributed by atoms with Crippen LogP contribution >= 0.6 is 15.9 Å². The molecule has 15 heavy (non-hydrogen) atoms. The van der Waals surface area contributed by atoms with E-state index in [2.05, 4.69) is 25.9 Å². The van der Waals surface area contributed by atoms with Gasteiger partial charge in [-0.3, -0.25) is 0 Å². The number of benzene rings is 1. The van der Waals surface area contributed by atoms with Gasteiger partial charge in [-0.15, -0.1) is 0 Å². The third-order valence-corrected chi connectivity index (χ3v) is 2.46. The highest BCUT2D eigenvalue weighted by Crippen LogP contribution is 2.22. The van der Waals surface area contributed by atoms with Crippen LogP contribution in [0.25, 0.3) is 11.1 Å². The van der Waals surface area contributed by atoms with Gasteiger partial charge in [-0.1, -0.05) is 28.1 Å². The standard InChI is InChI=1S/C11H9BrN2O/c1-15-11-13-6-9(7-14-11)8-3-2-4-10(12)5-8/h2-7H,1H3. The lowest BCUT2D eigenvalue weighted by Gasteiger charge is -2.02. The molecule has 4 heteroatoms. The average molecular weight is 265 g/mol. The van der Waals surface area contributed by atoms with Crippen molar-refractivity contribution in [1.29, 1.82) is 0 Å². The van der Waals surface area contributed by atoms with Crippen molar-refractivity contribution in [2.24, 2.45) is 0 Å². The summed E-state index contributed by atoms with van der Waals surface area (Å²) in [7, 11) is 1.55. The monoisotopic (exact) mass is 264 g/mol. The second kappa shape index (κ2) is 4.40. The molecule has 0 N–H and O–H groups in total. The molecule has 0 aliphatic heterocycles. The molecule has 0 aliphatic carbocycles. The maximum absolute atomic E-state index is 4.90. The lowest BCUT2D eigenvalue weighted by molar-refractivity contribution is 0.380. The molecule has 0 saturated heterocycles. The van der Waals surface area contributed by atoms with Crippen LogP contribution in [0, 0.1) is 0 Å². The maximum atomic E-state index is 4.90. The van der Waals surface area contributed by atoms with Gasteiger partial charge in [-0.25, -0.2) is 9.97 Å². The van der Waals surface area contributed by atoms with E-state index in [1.807, 2.05) is 24.3 Å². The highest BCUT2D eigenvalue weighted by atomic mass is 79.9. The maximum Gasteiger partial charge on any atom is 0.316 e. The van der Waals surface area contributed by atoms with Crippen molar-refractivity contribution in [2.45, 2.75) is 0 Å². The first-order chi connectivity index (χ1) is 7.29. The highest BCUT2D eigenvalue weighted by Gasteiger charge is 2.00. The molecular formula is C11H9BrN2O. The number of aromatic nitrogens is 2. The fourth-order valence-corrected chi connectivity index (χ4v) is 1.64. The van der Waals surface area contributed by atoms with Crippen LogP contribution in [0.3, 0.4) is 0 Å². The van der Waals surface area contributed by atoms with Gasteiger partial charge >= 0.3 is 6.01 Å². The molecule has 1 heterocycles. The Morgan fingerprint density at radius 3 is 2.47 bits per heavy atom. The molecule has 3 nitrogen and oxygen atoms in total. The predicted molar refractivity (Wildman–Crippen MR) is 61.7 cm³/mol. The topological polar surface area (TPSA) is 35.0 Å². The third kappa shape index (κ3) is 2.33. The van der Waals surface area contributed by atoms with Gasteiger partial charge in [0, 0.05) is 22.4 Å². The summed E-state index contributed by atoms with van der Waals surface area (Å²) < 4.78 is 5.94. The predicted octanol–water partition coefficient (Wildman–Crippen LogP) is 2.91. The van der Waals surface area contributed by atoms with Crippen LogP contribution < -0.4 is 4.74 Å². The van der Waals surface area contributed by atoms with Gasteiger partial charge in [0.25, 0.3) is 0 Å². The Labute approximate surface area is 96.3 Å². The summed E-state index contributed by atoms with van der Waals surface area (Å²) in [4.78, 5) is 8.11. The Morgan fingerprint density at radius 2 is 1.87 bits per heavy atom. The minimum absolute atomic E-state index is 0.383. The summed E-state index contributed by atoms with van der Waals surface area (Å²) in [6.07, 6.45) is 3.49. The van der Waals surface area contributed by atoms with Crippen LogP contribution in [-0.4, -0.2) is 17.1 Å². The van der Waals surface area contributed by atoms with Gasteiger partial charge in [0.15, 0.2) is 0 Å². The van der Waals surface area contributed by atoms with Crippen LogP contribution in [0.15, 0.2) is 41.1 Å². The first-order valence-electron chi connectivity index (χ1n) is 4.41. The van der Waals surface area contributed by atoms with Gasteiger partial charge < -0.3 is 4.74 Å². The molecule has 0 radical (unpaired) electrons. The normalized spacial score (nSPS) is 10.0. The highest BCUT2D eigenvalue weighted by molar-refractivity contribution is 9.10. The number of nitrogens with zero attached hydrogens (tertiary/aromatic N) is 2. The first-order valence-corrected chi connectivity index (χ1v) is 5.21. The largest absolute Gasteiger partial charge is 0.467 e. The van der Waals surface area contributed by atoms with Crippen molar-refractivity contribution in [3.05, 3.63) is 41.1 Å². The fraction of sp³-hybridized carbons (Fsp3) is 0.0909. The first kappa shape index (κ1) is 10.1. The molecule has 2 aromatic rings. The average Bonchev–Trinajstić information content (AvgIpc) is 2.29. The number of rotatable bonds is 2. The quantitative estimate of drug-likeness (QED) is 0.837. The van der Waals surface area contributed by atoms with Gasteiger partial charge in [-0.05, 0) is 17.7 Å². The molecule has 2 rings (SSSR count). The summed E-state index contributed by atoms with van der Waals surface area (Å²) >= 11 is 3.42. The lowest BCUT2D eigenvalue weighted by atomic mass is 10.1. The lowest BCUT2D eigenvalue weighted by Crippen LogP contribution is -1.91. The summed E-state index contributed by atoms with van der Waals surface area (Å²) in [6, 6.07) is 8.37. The number of ether oxygens (including phenoxy) is 1. The second-order valence-electron chi connectivity index (χ2n) is 2.97. The van der Waals surface area contributed by atoms with E-state index < -0.39 is 0 Å². The smallest absolute Gasteiger partial charge is 0.316 e. The van der Waals surface area contributed by atoms with E-state index in [1.165, 1.54) is 0 Å². The van der Waals surface area contributed by atoms with Crippen LogP contribution in [0.2, 0.25) is 0 Å². The Morgan fingerprint density at radius 1 is 1.13 bits per heavy atom. The molecular weight excluding hydrogens is 256 g/mol. The van der Waals surface area contributed by atoms with Gasteiger partial charge in [-0.2, -0.15) is 0 Å². The number of halogens is 1. The summed E-state index contributed by atoms with van der Waals surface area (Å²) in [5.74, 6) is 0. The van der Waals surface area contributed by atoms with Crippen LogP contribution in [0.4, 0.5) is 0 Å². The zero-order valence-corrected chi connectivity index (χ0v) is 9.73. The van der Waals surface area contributed by atoms with Crippen molar-refractivity contribution in [1.82, 2.24) is 9.97 Å². The second-order valence-corrected chi connectivity index (χ2v) is 3.88. The fourth-order valence-electron chi connectivity index (χ4n) is 1.24. The van der Waals surface area contributed by atoms with Gasteiger partial charge in [0.2, 0.25) is 0 Å². The zero-order chi connectivity index (χ0) is 10.7. The number of hydrogen-bond donors (Lipinski definition) is 0. The van der Waals surface area contributed by atoms with E-state index in [0.717, 1.165) is 15.6 Å². The Hall–Kier alpha value is -1.42. The molecule has 76 valence electrons. The Kier molecular flexibility index (Phi) is 2.97. The molecule has 0 aliphatic rings. The molecule has 0 fully saturated rings. The van der Waals surface area contributed by atoms with Crippen LogP contribution in [-0.2, 0) is 0 Å². The number of methoxy groups -OCH3 is 1. The minimum Gasteiger partial charge on any atom is -0.467 e. The molecule has 0 spiro atoms. The van der Waals surface area contributed by atoms with E-state index in [1.54, 1.807) is 19.5 Å². The van der Waals surface area contributed by atoms with Crippen molar-refractivity contribution in [3.8, 4) is 17.1 Å². The van der Waals surface area contributed by atoms with Crippen molar-refractivity contribution in [3.63, 3.8) is 0 Å². The zero-order valence-electron chi connectivity index (χ0n) is 8.14. The molecule has 1 aromatic heterocycles. The van der Waals surface area contributed by atoms with Crippen LogP contribution in [0.5, 0.6) is 6.01 Å². The van der Waals surface area contributed by atoms with E-state index in [9.17, 15) is 0 Å². The van der Waals surface area contributed by atoms with Gasteiger partial charge in [0.1, 0.15) is 0 Å². The van der Waals surface area contributed by atoms with E-state index in [4.69, 9.17) is 4.74 Å². The van der Waals surface area contributed by atoms with Crippen molar-refractivity contribution >= 4 is 15.9 Å². The van der Waals surface area contributed by atoms with E-state index in [-0.39, 0.29) is 0 Å². The molecule has 0 saturated carbocycles. The summed E-state index contributed by atoms with van der Waals surface area (Å²) in [5, 5.41) is 0. The Balaban J connectivity index is 2.37. The molecule has 0 atom stereocenters. The number of hydrogen-bond acceptors (Lipinski definition) is 3. The van der Waals surface area contributed by atoms with Crippen LogP contribution in [0.1, 0.15) is 0 Å². The molecule has 0 amide bonds. The Bertz CT molecular complexity index is 456.